The maximum atomic E-state index is 11.2. The summed E-state index contributed by atoms with van der Waals surface area (Å²) < 4.78 is 0. The molecule has 4 nitrogen and oxygen atoms in total. The van der Waals surface area contributed by atoms with Crippen LogP contribution >= 0.6 is 22.9 Å². The van der Waals surface area contributed by atoms with Crippen LogP contribution in [0.2, 0.25) is 5.15 Å². The molecule has 6 heteroatoms. The van der Waals surface area contributed by atoms with E-state index in [1.54, 1.807) is 18.3 Å². The molecule has 106 valence electrons. The number of carbonyl (C=O) groups is 1. The summed E-state index contributed by atoms with van der Waals surface area (Å²) in [4.78, 5) is 20.7. The quantitative estimate of drug-likeness (QED) is 0.666. The topological polar surface area (TPSA) is 54.9 Å². The van der Waals surface area contributed by atoms with Gasteiger partial charge in [-0.15, -0.1) is 11.3 Å². The first-order valence-electron chi connectivity index (χ1n) is 6.32. The molecule has 0 spiro atoms. The monoisotopic (exact) mass is 309 g/mol. The first-order chi connectivity index (χ1) is 9.52. The lowest BCUT2D eigenvalue weighted by Gasteiger charge is -2.22. The number of aromatic nitrogens is 2. The van der Waals surface area contributed by atoms with Crippen LogP contribution in [0.15, 0.2) is 17.5 Å². The van der Waals surface area contributed by atoms with Crippen molar-refractivity contribution in [3.8, 4) is 0 Å². The highest BCUT2D eigenvalue weighted by atomic mass is 35.5. The fraction of sp³-hybridized carbons (Fsp3) is 0.357. The number of rotatable bonds is 5. The Morgan fingerprint density at radius 3 is 2.70 bits per heavy atom. The summed E-state index contributed by atoms with van der Waals surface area (Å²) in [6.07, 6.45) is 0.690. The molecule has 2 aromatic heterocycles. The number of thiophene rings is 1. The average molecular weight is 310 g/mol. The van der Waals surface area contributed by atoms with Gasteiger partial charge in [-0.1, -0.05) is 31.5 Å². The molecule has 0 aliphatic carbocycles. The summed E-state index contributed by atoms with van der Waals surface area (Å²) in [5.74, 6) is 1.38. The minimum absolute atomic E-state index is 0.0825. The van der Waals surface area contributed by atoms with Crippen molar-refractivity contribution in [3.05, 3.63) is 38.9 Å². The standard InChI is InChI=1S/C14H16ClN3OS/c1-8(2)12(11-5-4-6-20-11)18-14-10(7-19)13(15)16-9(3)17-14/h4-8,12H,1-3H3,(H,16,17,18). The molecule has 0 aromatic carbocycles. The number of carbonyl (C=O) groups excluding carboxylic acids is 1. The molecule has 0 aliphatic heterocycles. The summed E-state index contributed by atoms with van der Waals surface area (Å²) >= 11 is 7.68. The summed E-state index contributed by atoms with van der Waals surface area (Å²) in [5, 5.41) is 5.54. The van der Waals surface area contributed by atoms with Crippen LogP contribution in [0.1, 0.15) is 40.9 Å². The molecule has 1 N–H and O–H groups in total. The zero-order valence-electron chi connectivity index (χ0n) is 11.6. The Kier molecular flexibility index (Phi) is 4.73. The van der Waals surface area contributed by atoms with E-state index >= 15 is 0 Å². The van der Waals surface area contributed by atoms with E-state index in [2.05, 4.69) is 35.2 Å². The average Bonchev–Trinajstić information content (AvgIpc) is 2.88. The summed E-state index contributed by atoms with van der Waals surface area (Å²) in [5.41, 5.74) is 0.305. The molecule has 0 bridgehead atoms. The lowest BCUT2D eigenvalue weighted by atomic mass is 10.0. The molecular formula is C14H16ClN3OS. The highest BCUT2D eigenvalue weighted by Gasteiger charge is 2.20. The zero-order chi connectivity index (χ0) is 14.7. The second kappa shape index (κ2) is 6.33. The number of hydrogen-bond acceptors (Lipinski definition) is 5. The van der Waals surface area contributed by atoms with Gasteiger partial charge in [-0.05, 0) is 24.3 Å². The number of hydrogen-bond donors (Lipinski definition) is 1. The summed E-state index contributed by atoms with van der Waals surface area (Å²) in [7, 11) is 0. The smallest absolute Gasteiger partial charge is 0.156 e. The Bertz CT molecular complexity index is 599. The molecule has 0 amide bonds. The van der Waals surface area contributed by atoms with E-state index in [1.807, 2.05) is 11.4 Å². The molecule has 2 aromatic rings. The zero-order valence-corrected chi connectivity index (χ0v) is 13.1. The molecule has 0 saturated carbocycles. The van der Waals surface area contributed by atoms with Crippen molar-refractivity contribution >= 4 is 35.0 Å². The lowest BCUT2D eigenvalue weighted by molar-refractivity contribution is 0.112. The predicted octanol–water partition coefficient (Wildman–Crippen LogP) is 4.12. The fourth-order valence-electron chi connectivity index (χ4n) is 1.94. The van der Waals surface area contributed by atoms with E-state index in [0.29, 0.717) is 29.4 Å². The van der Waals surface area contributed by atoms with E-state index in [9.17, 15) is 4.79 Å². The van der Waals surface area contributed by atoms with Gasteiger partial charge >= 0.3 is 0 Å². The van der Waals surface area contributed by atoms with Gasteiger partial charge < -0.3 is 5.32 Å². The van der Waals surface area contributed by atoms with Crippen molar-refractivity contribution in [2.45, 2.75) is 26.8 Å². The van der Waals surface area contributed by atoms with Gasteiger partial charge in [0, 0.05) is 4.88 Å². The van der Waals surface area contributed by atoms with Crippen LogP contribution in [-0.4, -0.2) is 16.3 Å². The first-order valence-corrected chi connectivity index (χ1v) is 7.58. The van der Waals surface area contributed by atoms with E-state index in [1.165, 1.54) is 4.88 Å². The number of aldehydes is 1. The molecule has 1 atom stereocenters. The Balaban J connectivity index is 2.39. The molecule has 20 heavy (non-hydrogen) atoms. The van der Waals surface area contributed by atoms with Crippen LogP contribution in [0.25, 0.3) is 0 Å². The maximum absolute atomic E-state index is 11.2. The third-order valence-electron chi connectivity index (χ3n) is 2.94. The second-order valence-electron chi connectivity index (χ2n) is 4.82. The number of nitrogens with zero attached hydrogens (tertiary/aromatic N) is 2. The van der Waals surface area contributed by atoms with Gasteiger partial charge in [0.1, 0.15) is 16.8 Å². The van der Waals surface area contributed by atoms with E-state index in [0.717, 1.165) is 0 Å². The maximum Gasteiger partial charge on any atom is 0.156 e. The first kappa shape index (κ1) is 14.9. The van der Waals surface area contributed by atoms with Crippen molar-refractivity contribution in [3.63, 3.8) is 0 Å². The van der Waals surface area contributed by atoms with Crippen molar-refractivity contribution < 1.29 is 4.79 Å². The lowest BCUT2D eigenvalue weighted by Crippen LogP contribution is -2.18. The van der Waals surface area contributed by atoms with Crippen molar-refractivity contribution in [1.82, 2.24) is 9.97 Å². The minimum atomic E-state index is 0.0825. The predicted molar refractivity (Wildman–Crippen MR) is 82.7 cm³/mol. The molecule has 0 fully saturated rings. The highest BCUT2D eigenvalue weighted by molar-refractivity contribution is 7.10. The highest BCUT2D eigenvalue weighted by Crippen LogP contribution is 2.31. The second-order valence-corrected chi connectivity index (χ2v) is 6.16. The Hall–Kier alpha value is -1.46. The number of anilines is 1. The SMILES string of the molecule is Cc1nc(Cl)c(C=O)c(NC(c2cccs2)C(C)C)n1. The van der Waals surface area contributed by atoms with Gasteiger partial charge in [0.2, 0.25) is 0 Å². The van der Waals surface area contributed by atoms with Crippen molar-refractivity contribution in [2.75, 3.05) is 5.32 Å². The molecule has 2 heterocycles. The van der Waals surface area contributed by atoms with Gasteiger partial charge in [0.15, 0.2) is 6.29 Å². The third-order valence-corrected chi connectivity index (χ3v) is 4.18. The van der Waals surface area contributed by atoms with Crippen molar-refractivity contribution in [1.29, 1.82) is 0 Å². The van der Waals surface area contributed by atoms with Crippen LogP contribution in [-0.2, 0) is 0 Å². The molecular weight excluding hydrogens is 294 g/mol. The molecule has 2 rings (SSSR count). The van der Waals surface area contributed by atoms with Crippen molar-refractivity contribution in [2.24, 2.45) is 5.92 Å². The Morgan fingerprint density at radius 1 is 1.40 bits per heavy atom. The van der Waals surface area contributed by atoms with Gasteiger partial charge in [0.25, 0.3) is 0 Å². The normalized spacial score (nSPS) is 12.4. The third kappa shape index (κ3) is 3.16. The minimum Gasteiger partial charge on any atom is -0.361 e. The summed E-state index contributed by atoms with van der Waals surface area (Å²) in [6.45, 7) is 5.99. The van der Waals surface area contributed by atoms with Crippen LogP contribution in [0, 0.1) is 12.8 Å². The van der Waals surface area contributed by atoms with E-state index in [4.69, 9.17) is 11.6 Å². The van der Waals surface area contributed by atoms with Crippen LogP contribution in [0.5, 0.6) is 0 Å². The number of halogens is 1. The van der Waals surface area contributed by atoms with E-state index < -0.39 is 0 Å². The van der Waals surface area contributed by atoms with Gasteiger partial charge in [-0.2, -0.15) is 0 Å². The van der Waals surface area contributed by atoms with Crippen LogP contribution < -0.4 is 5.32 Å². The Labute approximate surface area is 127 Å². The molecule has 0 radical (unpaired) electrons. The van der Waals surface area contributed by atoms with Gasteiger partial charge in [-0.3, -0.25) is 4.79 Å². The van der Waals surface area contributed by atoms with Gasteiger partial charge in [0.05, 0.1) is 11.6 Å². The molecule has 0 aliphatic rings. The molecule has 0 saturated heterocycles. The number of nitrogens with one attached hydrogen (secondary N) is 1. The largest absolute Gasteiger partial charge is 0.361 e. The fourth-order valence-corrected chi connectivity index (χ4v) is 3.15. The van der Waals surface area contributed by atoms with Gasteiger partial charge in [-0.25, -0.2) is 9.97 Å². The summed E-state index contributed by atoms with van der Waals surface area (Å²) in [6, 6.07) is 4.16. The van der Waals surface area contributed by atoms with E-state index in [-0.39, 0.29) is 11.2 Å². The number of aryl methyl sites for hydroxylation is 1. The van der Waals surface area contributed by atoms with Crippen LogP contribution in [0.3, 0.4) is 0 Å². The van der Waals surface area contributed by atoms with Crippen LogP contribution in [0.4, 0.5) is 5.82 Å². The Morgan fingerprint density at radius 2 is 2.15 bits per heavy atom. The molecule has 1 unspecified atom stereocenters.